The van der Waals surface area contributed by atoms with Gasteiger partial charge in [-0.1, -0.05) is 36.7 Å². The van der Waals surface area contributed by atoms with Gasteiger partial charge in [0.1, 0.15) is 0 Å². The van der Waals surface area contributed by atoms with Crippen molar-refractivity contribution in [3.8, 4) is 0 Å². The lowest BCUT2D eigenvalue weighted by molar-refractivity contribution is 0.0825. The molecule has 2 aliphatic carbocycles. The van der Waals surface area contributed by atoms with Crippen molar-refractivity contribution in [3.05, 3.63) is 32.8 Å². The monoisotopic (exact) mass is 377 g/mol. The molecule has 0 saturated heterocycles. The molecule has 2 aliphatic rings. The van der Waals surface area contributed by atoms with Gasteiger partial charge in [0.15, 0.2) is 0 Å². The fourth-order valence-corrected chi connectivity index (χ4v) is 5.43. The predicted molar refractivity (Wildman–Crippen MR) is 98.8 cm³/mol. The first kappa shape index (κ1) is 17.0. The van der Waals surface area contributed by atoms with Crippen LogP contribution in [0.5, 0.6) is 0 Å². The number of benzene rings is 1. The standard InChI is InChI=1S/C20H28BrNO/c1-11-12(2)15(10-16(21)13(11)3)18(23)22-17-9-14-7-8-20(17,6)19(14,4)5/h10,14,17H,7-9H2,1-6H3,(H,22,23)/t14-,17+,20+/m1/s1. The van der Waals surface area contributed by atoms with E-state index in [1.807, 2.05) is 6.07 Å². The Morgan fingerprint density at radius 1 is 1.17 bits per heavy atom. The van der Waals surface area contributed by atoms with Gasteiger partial charge in [-0.05, 0) is 79.5 Å². The number of carbonyl (C=O) groups is 1. The van der Waals surface area contributed by atoms with Crippen LogP contribution in [0.2, 0.25) is 0 Å². The summed E-state index contributed by atoms with van der Waals surface area (Å²) in [6, 6.07) is 2.27. The molecule has 1 amide bonds. The van der Waals surface area contributed by atoms with Crippen LogP contribution >= 0.6 is 15.9 Å². The average molecular weight is 378 g/mol. The molecule has 2 fully saturated rings. The molecule has 2 bridgehead atoms. The van der Waals surface area contributed by atoms with Crippen molar-refractivity contribution in [2.45, 2.75) is 66.8 Å². The van der Waals surface area contributed by atoms with E-state index in [9.17, 15) is 4.79 Å². The van der Waals surface area contributed by atoms with Gasteiger partial charge in [0.05, 0.1) is 0 Å². The zero-order chi connectivity index (χ0) is 17.2. The molecule has 2 nitrogen and oxygen atoms in total. The van der Waals surface area contributed by atoms with Gasteiger partial charge in [-0.25, -0.2) is 0 Å². The number of halogens is 1. The van der Waals surface area contributed by atoms with Gasteiger partial charge < -0.3 is 5.32 Å². The largest absolute Gasteiger partial charge is 0.349 e. The topological polar surface area (TPSA) is 29.1 Å². The van der Waals surface area contributed by atoms with E-state index in [1.54, 1.807) is 0 Å². The van der Waals surface area contributed by atoms with E-state index in [0.29, 0.717) is 11.5 Å². The molecule has 0 spiro atoms. The second-order valence-corrected chi connectivity index (χ2v) is 9.27. The Kier molecular flexibility index (Phi) is 3.95. The molecule has 3 heteroatoms. The van der Waals surface area contributed by atoms with Gasteiger partial charge in [-0.3, -0.25) is 4.79 Å². The van der Waals surface area contributed by atoms with Crippen LogP contribution in [0.4, 0.5) is 0 Å². The highest BCUT2D eigenvalue weighted by Gasteiger charge is 2.61. The molecule has 1 aromatic rings. The van der Waals surface area contributed by atoms with Crippen LogP contribution in [0, 0.1) is 37.5 Å². The second-order valence-electron chi connectivity index (χ2n) is 8.42. The van der Waals surface area contributed by atoms with E-state index >= 15 is 0 Å². The van der Waals surface area contributed by atoms with E-state index in [-0.39, 0.29) is 11.3 Å². The highest BCUT2D eigenvalue weighted by atomic mass is 79.9. The molecule has 0 unspecified atom stereocenters. The van der Waals surface area contributed by atoms with Crippen LogP contribution < -0.4 is 5.32 Å². The maximum atomic E-state index is 12.9. The van der Waals surface area contributed by atoms with Crippen molar-refractivity contribution in [2.24, 2.45) is 16.7 Å². The first-order valence-electron chi connectivity index (χ1n) is 8.66. The molecule has 3 rings (SSSR count). The van der Waals surface area contributed by atoms with Crippen molar-refractivity contribution in [3.63, 3.8) is 0 Å². The quantitative estimate of drug-likeness (QED) is 0.742. The third-order valence-corrected chi connectivity index (χ3v) is 8.33. The fraction of sp³-hybridized carbons (Fsp3) is 0.650. The average Bonchev–Trinajstić information content (AvgIpc) is 2.82. The molecule has 2 saturated carbocycles. The Morgan fingerprint density at radius 2 is 1.83 bits per heavy atom. The Bertz CT molecular complexity index is 679. The Balaban J connectivity index is 1.87. The highest BCUT2D eigenvalue weighted by molar-refractivity contribution is 9.10. The van der Waals surface area contributed by atoms with Crippen LogP contribution in [-0.2, 0) is 0 Å². The lowest BCUT2D eigenvalue weighted by Crippen LogP contribution is -2.47. The Labute approximate surface area is 148 Å². The van der Waals surface area contributed by atoms with Crippen molar-refractivity contribution < 1.29 is 4.79 Å². The van der Waals surface area contributed by atoms with Gasteiger partial charge in [0.2, 0.25) is 0 Å². The van der Waals surface area contributed by atoms with Gasteiger partial charge in [-0.15, -0.1) is 0 Å². The van der Waals surface area contributed by atoms with E-state index < -0.39 is 0 Å². The lowest BCUT2D eigenvalue weighted by atomic mass is 9.69. The van der Waals surface area contributed by atoms with Crippen molar-refractivity contribution in [1.82, 2.24) is 5.32 Å². The summed E-state index contributed by atoms with van der Waals surface area (Å²) in [6.45, 7) is 13.4. The van der Waals surface area contributed by atoms with E-state index in [2.05, 4.69) is 62.8 Å². The number of fused-ring (bicyclic) bond motifs is 2. The summed E-state index contributed by atoms with van der Waals surface area (Å²) in [5.74, 6) is 0.825. The number of carbonyl (C=O) groups excluding carboxylic acids is 1. The normalized spacial score (nSPS) is 31.4. The summed E-state index contributed by atoms with van der Waals surface area (Å²) in [5.41, 5.74) is 4.86. The molecule has 126 valence electrons. The van der Waals surface area contributed by atoms with E-state index in [0.717, 1.165) is 27.9 Å². The van der Waals surface area contributed by atoms with Crippen LogP contribution in [0.1, 0.15) is 67.1 Å². The number of rotatable bonds is 2. The summed E-state index contributed by atoms with van der Waals surface area (Å²) in [6.07, 6.45) is 3.66. The molecular formula is C20H28BrNO. The zero-order valence-electron chi connectivity index (χ0n) is 15.1. The molecule has 23 heavy (non-hydrogen) atoms. The second kappa shape index (κ2) is 5.34. The fourth-order valence-electron chi connectivity index (χ4n) is 4.90. The smallest absolute Gasteiger partial charge is 0.251 e. The SMILES string of the molecule is Cc1c(Br)cc(C(=O)N[C@H]2C[C@H]3CC[C@]2(C)C3(C)C)c(C)c1C. The van der Waals surface area contributed by atoms with Crippen LogP contribution in [0.3, 0.4) is 0 Å². The number of amides is 1. The lowest BCUT2D eigenvalue weighted by Gasteiger charge is -2.39. The molecular weight excluding hydrogens is 350 g/mol. The zero-order valence-corrected chi connectivity index (χ0v) is 16.7. The number of hydrogen-bond acceptors (Lipinski definition) is 1. The first-order valence-corrected chi connectivity index (χ1v) is 9.46. The summed E-state index contributed by atoms with van der Waals surface area (Å²) < 4.78 is 1.02. The van der Waals surface area contributed by atoms with E-state index in [1.165, 1.54) is 24.0 Å². The van der Waals surface area contributed by atoms with Crippen molar-refractivity contribution in [2.75, 3.05) is 0 Å². The van der Waals surface area contributed by atoms with E-state index in [4.69, 9.17) is 0 Å². The molecule has 0 aromatic heterocycles. The summed E-state index contributed by atoms with van der Waals surface area (Å²) in [7, 11) is 0. The molecule has 0 heterocycles. The maximum Gasteiger partial charge on any atom is 0.251 e. The van der Waals surface area contributed by atoms with Crippen LogP contribution in [0.15, 0.2) is 10.5 Å². The molecule has 1 N–H and O–H groups in total. The van der Waals surface area contributed by atoms with Crippen LogP contribution in [-0.4, -0.2) is 11.9 Å². The highest BCUT2D eigenvalue weighted by Crippen LogP contribution is 2.65. The molecule has 0 aliphatic heterocycles. The number of hydrogen-bond donors (Lipinski definition) is 1. The predicted octanol–water partition coefficient (Wildman–Crippen LogP) is 5.32. The molecule has 1 aromatic carbocycles. The van der Waals surface area contributed by atoms with Gasteiger partial charge in [0.25, 0.3) is 5.91 Å². The first-order chi connectivity index (χ1) is 10.6. The van der Waals surface area contributed by atoms with Crippen molar-refractivity contribution in [1.29, 1.82) is 0 Å². The Hall–Kier alpha value is -0.830. The van der Waals surface area contributed by atoms with Gasteiger partial charge in [-0.2, -0.15) is 0 Å². The minimum atomic E-state index is 0.0841. The van der Waals surface area contributed by atoms with Crippen molar-refractivity contribution >= 4 is 21.8 Å². The van der Waals surface area contributed by atoms with Gasteiger partial charge >= 0.3 is 0 Å². The van der Waals surface area contributed by atoms with Crippen LogP contribution in [0.25, 0.3) is 0 Å². The molecule has 3 atom stereocenters. The minimum absolute atomic E-state index is 0.0841. The minimum Gasteiger partial charge on any atom is -0.349 e. The number of nitrogens with one attached hydrogen (secondary N) is 1. The summed E-state index contributed by atoms with van der Waals surface area (Å²) >= 11 is 3.59. The third-order valence-electron chi connectivity index (χ3n) is 7.50. The summed E-state index contributed by atoms with van der Waals surface area (Å²) in [4.78, 5) is 12.9. The maximum absolute atomic E-state index is 12.9. The molecule has 0 radical (unpaired) electrons. The third kappa shape index (κ3) is 2.30. The summed E-state index contributed by atoms with van der Waals surface area (Å²) in [5, 5.41) is 3.38. The Morgan fingerprint density at radius 3 is 2.35 bits per heavy atom. The van der Waals surface area contributed by atoms with Gasteiger partial charge in [0, 0.05) is 16.1 Å².